The minimum absolute atomic E-state index is 0.0962. The van der Waals surface area contributed by atoms with E-state index in [9.17, 15) is 9.90 Å². The first-order chi connectivity index (χ1) is 16.4. The number of carbonyl (C=O) groups excluding carboxylic acids is 1. The van der Waals surface area contributed by atoms with Crippen LogP contribution in [0.3, 0.4) is 0 Å². The van der Waals surface area contributed by atoms with E-state index < -0.39 is 0 Å². The summed E-state index contributed by atoms with van der Waals surface area (Å²) in [4.78, 5) is 13.0. The highest BCUT2D eigenvalue weighted by molar-refractivity contribution is 7.99. The molecule has 0 amide bonds. The number of thioether (sulfide) groups is 1. The zero-order chi connectivity index (χ0) is 24.2. The molecule has 0 bridgehead atoms. The minimum Gasteiger partial charge on any atom is -0.393 e. The van der Waals surface area contributed by atoms with E-state index in [0.29, 0.717) is 11.7 Å². The van der Waals surface area contributed by atoms with Crippen molar-refractivity contribution in [3.8, 4) is 0 Å². The second kappa shape index (κ2) is 12.1. The second-order valence-electron chi connectivity index (χ2n) is 12.5. The Morgan fingerprint density at radius 3 is 2.32 bits per heavy atom. The SMILES string of the molecule is C[C@]12CC[C@H]3[C@@H](CCC4=C(CSCCCCCCCCCCS)C(=O)CC[C@@]43C)[C@@H]1CC[C@@H]2O. The van der Waals surface area contributed by atoms with Crippen LogP contribution in [0.15, 0.2) is 11.1 Å². The molecule has 0 aromatic rings. The van der Waals surface area contributed by atoms with E-state index >= 15 is 0 Å². The van der Waals surface area contributed by atoms with Gasteiger partial charge in [-0.2, -0.15) is 24.4 Å². The van der Waals surface area contributed by atoms with Gasteiger partial charge in [0, 0.05) is 17.7 Å². The molecule has 4 aliphatic rings. The van der Waals surface area contributed by atoms with Crippen LogP contribution in [0.1, 0.15) is 117 Å². The van der Waals surface area contributed by atoms with Gasteiger partial charge in [-0.3, -0.25) is 4.79 Å². The van der Waals surface area contributed by atoms with E-state index in [0.717, 1.165) is 49.0 Å². The molecule has 0 heterocycles. The molecule has 194 valence electrons. The van der Waals surface area contributed by atoms with Crippen LogP contribution in [-0.2, 0) is 4.79 Å². The molecule has 0 aromatic carbocycles. The Bertz CT molecular complexity index is 733. The zero-order valence-electron chi connectivity index (χ0n) is 22.0. The molecule has 2 nitrogen and oxygen atoms in total. The molecule has 3 fully saturated rings. The number of unbranched alkanes of at least 4 members (excludes halogenated alkanes) is 7. The summed E-state index contributed by atoms with van der Waals surface area (Å²) in [5, 5.41) is 10.7. The summed E-state index contributed by atoms with van der Waals surface area (Å²) >= 11 is 6.31. The van der Waals surface area contributed by atoms with Crippen molar-refractivity contribution in [2.75, 3.05) is 17.3 Å². The number of hydrogen-bond donors (Lipinski definition) is 2. The standard InChI is InChI=1S/C30H50O2S2/c1-29-18-16-27(31)23(21-34-20-10-8-6-4-3-5-7-9-19-33)25(29)12-11-22-24-13-14-28(32)30(24,2)17-15-26(22)29/h22,24,26,28,32-33H,3-21H2,1-2H3/t22-,24-,26-,28-,29-,30-/m0/s1. The van der Waals surface area contributed by atoms with Gasteiger partial charge in [0.05, 0.1) is 6.10 Å². The summed E-state index contributed by atoms with van der Waals surface area (Å²) in [5.74, 6) is 5.80. The van der Waals surface area contributed by atoms with Gasteiger partial charge in [0.15, 0.2) is 5.78 Å². The third-order valence-corrected chi connectivity index (χ3v) is 12.0. The molecular weight excluding hydrogens is 456 g/mol. The van der Waals surface area contributed by atoms with Crippen molar-refractivity contribution in [2.45, 2.75) is 123 Å². The lowest BCUT2D eigenvalue weighted by Crippen LogP contribution is -2.51. The number of fused-ring (bicyclic) bond motifs is 5. The summed E-state index contributed by atoms with van der Waals surface area (Å²) in [6, 6.07) is 0. The molecule has 4 rings (SSSR count). The maximum Gasteiger partial charge on any atom is 0.159 e. The normalized spacial score (nSPS) is 37.5. The molecule has 34 heavy (non-hydrogen) atoms. The van der Waals surface area contributed by atoms with Crippen LogP contribution in [0.2, 0.25) is 0 Å². The highest BCUT2D eigenvalue weighted by Gasteiger charge is 2.59. The zero-order valence-corrected chi connectivity index (χ0v) is 23.7. The largest absolute Gasteiger partial charge is 0.393 e. The van der Waals surface area contributed by atoms with Crippen molar-refractivity contribution in [1.82, 2.24) is 0 Å². The second-order valence-corrected chi connectivity index (χ2v) is 14.0. The fraction of sp³-hybridized carbons (Fsp3) is 0.900. The Hall–Kier alpha value is 0.0700. The number of aliphatic hydroxyl groups excluding tert-OH is 1. The van der Waals surface area contributed by atoms with Crippen molar-refractivity contribution in [3.63, 3.8) is 0 Å². The third kappa shape index (κ3) is 5.49. The molecule has 0 aromatic heterocycles. The highest BCUT2D eigenvalue weighted by atomic mass is 32.2. The first-order valence-electron chi connectivity index (χ1n) is 14.5. The Balaban J connectivity index is 1.28. The molecule has 6 atom stereocenters. The Morgan fingerprint density at radius 2 is 1.59 bits per heavy atom. The van der Waals surface area contributed by atoms with E-state index in [2.05, 4.69) is 26.5 Å². The third-order valence-electron chi connectivity index (χ3n) is 10.6. The average molecular weight is 507 g/mol. The maximum absolute atomic E-state index is 13.0. The van der Waals surface area contributed by atoms with Crippen molar-refractivity contribution in [3.05, 3.63) is 11.1 Å². The van der Waals surface area contributed by atoms with Crippen LogP contribution >= 0.6 is 24.4 Å². The topological polar surface area (TPSA) is 37.3 Å². The van der Waals surface area contributed by atoms with Crippen LogP contribution in [0.4, 0.5) is 0 Å². The maximum atomic E-state index is 13.0. The van der Waals surface area contributed by atoms with Gasteiger partial charge in [-0.25, -0.2) is 0 Å². The van der Waals surface area contributed by atoms with E-state index in [-0.39, 0.29) is 16.9 Å². The van der Waals surface area contributed by atoms with E-state index in [1.54, 1.807) is 5.57 Å². The summed E-state index contributed by atoms with van der Waals surface area (Å²) in [6.45, 7) is 4.88. The van der Waals surface area contributed by atoms with Crippen LogP contribution in [0.25, 0.3) is 0 Å². The van der Waals surface area contributed by atoms with Gasteiger partial charge in [0.25, 0.3) is 0 Å². The van der Waals surface area contributed by atoms with Crippen LogP contribution in [0.5, 0.6) is 0 Å². The number of rotatable bonds is 12. The monoisotopic (exact) mass is 506 g/mol. The Morgan fingerprint density at radius 1 is 0.882 bits per heavy atom. The molecular formula is C30H50O2S2. The molecule has 0 radical (unpaired) electrons. The molecule has 4 aliphatic carbocycles. The van der Waals surface area contributed by atoms with Gasteiger partial charge in [0.1, 0.15) is 0 Å². The Labute approximate surface area is 219 Å². The number of Topliss-reactive ketones (excluding diaryl/α,β-unsaturated/α-hetero) is 1. The van der Waals surface area contributed by atoms with Crippen LogP contribution in [-0.4, -0.2) is 34.3 Å². The van der Waals surface area contributed by atoms with E-state index in [4.69, 9.17) is 0 Å². The van der Waals surface area contributed by atoms with Crippen molar-refractivity contribution in [1.29, 1.82) is 0 Å². The van der Waals surface area contributed by atoms with Gasteiger partial charge in [0.2, 0.25) is 0 Å². The first-order valence-corrected chi connectivity index (χ1v) is 16.3. The molecule has 1 N–H and O–H groups in total. The van der Waals surface area contributed by atoms with Gasteiger partial charge in [-0.15, -0.1) is 0 Å². The lowest BCUT2D eigenvalue weighted by molar-refractivity contribution is -0.119. The quantitative estimate of drug-likeness (QED) is 0.208. The smallest absolute Gasteiger partial charge is 0.159 e. The lowest BCUT2D eigenvalue weighted by Gasteiger charge is -2.58. The number of thiol groups is 1. The van der Waals surface area contributed by atoms with Crippen LogP contribution in [0, 0.1) is 28.6 Å². The highest BCUT2D eigenvalue weighted by Crippen LogP contribution is 2.65. The minimum atomic E-state index is -0.0962. The van der Waals surface area contributed by atoms with Crippen molar-refractivity contribution >= 4 is 30.2 Å². The van der Waals surface area contributed by atoms with Gasteiger partial charge < -0.3 is 5.11 Å². The number of ketones is 1. The summed E-state index contributed by atoms with van der Waals surface area (Å²) in [7, 11) is 0. The lowest BCUT2D eigenvalue weighted by atomic mass is 9.47. The number of allylic oxidation sites excluding steroid dienone is 1. The predicted octanol–water partition coefficient (Wildman–Crippen LogP) is 8.03. The molecule has 0 aliphatic heterocycles. The Kier molecular flexibility index (Phi) is 9.63. The molecule has 4 heteroatoms. The molecule has 3 saturated carbocycles. The molecule has 0 saturated heterocycles. The molecule has 0 unspecified atom stereocenters. The van der Waals surface area contributed by atoms with Gasteiger partial charge in [-0.1, -0.05) is 57.9 Å². The first kappa shape index (κ1) is 27.1. The fourth-order valence-corrected chi connectivity index (χ4v) is 9.83. The van der Waals surface area contributed by atoms with E-state index in [1.165, 1.54) is 88.4 Å². The average Bonchev–Trinajstić information content (AvgIpc) is 3.13. The number of hydrogen-bond acceptors (Lipinski definition) is 4. The number of carbonyl (C=O) groups is 1. The summed E-state index contributed by atoms with van der Waals surface area (Å²) < 4.78 is 0. The molecule has 0 spiro atoms. The van der Waals surface area contributed by atoms with Crippen LogP contribution < -0.4 is 0 Å². The van der Waals surface area contributed by atoms with Crippen molar-refractivity contribution in [2.24, 2.45) is 28.6 Å². The number of aliphatic hydroxyl groups is 1. The fourth-order valence-electron chi connectivity index (χ4n) is 8.52. The van der Waals surface area contributed by atoms with Gasteiger partial charge >= 0.3 is 0 Å². The summed E-state index contributed by atoms with van der Waals surface area (Å²) in [5.41, 5.74) is 3.16. The van der Waals surface area contributed by atoms with E-state index in [1.807, 2.05) is 11.8 Å². The summed E-state index contributed by atoms with van der Waals surface area (Å²) in [6.07, 6.45) is 19.5. The predicted molar refractivity (Wildman–Crippen MR) is 150 cm³/mol. The van der Waals surface area contributed by atoms with Gasteiger partial charge in [-0.05, 0) is 97.9 Å². The van der Waals surface area contributed by atoms with Crippen molar-refractivity contribution < 1.29 is 9.90 Å².